The highest BCUT2D eigenvalue weighted by atomic mass is 16.5. The van der Waals surface area contributed by atoms with Crippen molar-refractivity contribution in [3.05, 3.63) is 12.2 Å². The quantitative estimate of drug-likeness (QED) is 0.226. The summed E-state index contributed by atoms with van der Waals surface area (Å²) in [7, 11) is 0. The lowest BCUT2D eigenvalue weighted by Gasteiger charge is -2.73. The molecule has 6 aliphatic rings. The van der Waals surface area contributed by atoms with Gasteiger partial charge < -0.3 is 14.6 Å². The highest BCUT2D eigenvalue weighted by molar-refractivity contribution is 5.85. The first-order chi connectivity index (χ1) is 20.9. The lowest BCUT2D eigenvalue weighted by atomic mass is 9.32. The summed E-state index contributed by atoms with van der Waals surface area (Å²) < 4.78 is 12.6. The van der Waals surface area contributed by atoms with Crippen LogP contribution in [0, 0.1) is 62.1 Å². The Kier molecular flexibility index (Phi) is 7.96. The molecule has 0 spiro atoms. The fraction of sp³-hybridized carbons (Fsp3) is 0.872. The number of carbonyl (C=O) groups excluding carboxylic acids is 1. The Morgan fingerprint density at radius 2 is 1.67 bits per heavy atom. The van der Waals surface area contributed by atoms with Crippen molar-refractivity contribution < 1.29 is 24.2 Å². The summed E-state index contributed by atoms with van der Waals surface area (Å²) in [6, 6.07) is 0. The highest BCUT2D eigenvalue weighted by Gasteiger charge is 2.72. The zero-order valence-corrected chi connectivity index (χ0v) is 29.6. The minimum atomic E-state index is -0.873. The zero-order chi connectivity index (χ0) is 32.8. The molecule has 0 aromatic heterocycles. The summed E-state index contributed by atoms with van der Waals surface area (Å²) in [5.74, 6) is 2.88. The van der Waals surface area contributed by atoms with Gasteiger partial charge in [-0.3, -0.25) is 14.6 Å². The number of aliphatic carboxylic acids is 1. The van der Waals surface area contributed by atoms with Crippen molar-refractivity contribution in [2.45, 2.75) is 139 Å². The van der Waals surface area contributed by atoms with E-state index >= 15 is 0 Å². The predicted octanol–water partition coefficient (Wildman–Crippen LogP) is 8.88. The fourth-order valence-corrected chi connectivity index (χ4v) is 13.4. The molecular weight excluding hydrogens is 562 g/mol. The number of hydrogen-bond acceptors (Lipinski definition) is 5. The van der Waals surface area contributed by atoms with Gasteiger partial charge in [0.15, 0.2) is 5.90 Å². The first-order valence-corrected chi connectivity index (χ1v) is 18.2. The molecule has 5 aliphatic carbocycles. The third kappa shape index (κ3) is 4.87. The van der Waals surface area contributed by atoms with Gasteiger partial charge in [-0.25, -0.2) is 0 Å². The summed E-state index contributed by atoms with van der Waals surface area (Å²) >= 11 is 0. The van der Waals surface area contributed by atoms with Crippen LogP contribution in [0.2, 0.25) is 0 Å². The van der Waals surface area contributed by atoms with Gasteiger partial charge in [-0.15, -0.1) is 0 Å². The number of allylic oxidation sites excluding steroid dienone is 1. The summed E-state index contributed by atoms with van der Waals surface area (Å²) in [5.41, 5.74) is 1.42. The smallest absolute Gasteiger partial charge is 0.306 e. The molecular formula is C39H61NO5. The number of ether oxygens (including phenoxy) is 2. The fourth-order valence-electron chi connectivity index (χ4n) is 13.4. The van der Waals surface area contributed by atoms with Crippen molar-refractivity contribution in [1.29, 1.82) is 0 Å². The molecule has 0 saturated heterocycles. The number of nitrogens with zero attached hydrogens (tertiary/aromatic N) is 1. The van der Waals surface area contributed by atoms with Gasteiger partial charge in [-0.05, 0) is 122 Å². The van der Waals surface area contributed by atoms with Gasteiger partial charge in [-0.2, -0.15) is 0 Å². The van der Waals surface area contributed by atoms with Crippen molar-refractivity contribution in [1.82, 2.24) is 0 Å². The average molecular weight is 624 g/mol. The van der Waals surface area contributed by atoms with E-state index in [1.165, 1.54) is 56.9 Å². The van der Waals surface area contributed by atoms with Crippen LogP contribution in [0.1, 0.15) is 132 Å². The molecule has 0 aromatic carbocycles. The van der Waals surface area contributed by atoms with E-state index in [-0.39, 0.29) is 52.0 Å². The van der Waals surface area contributed by atoms with Crippen LogP contribution < -0.4 is 0 Å². The molecule has 1 aliphatic heterocycles. The second-order valence-corrected chi connectivity index (χ2v) is 18.6. The Hall–Kier alpha value is -1.85. The molecule has 1 N–H and O–H groups in total. The highest BCUT2D eigenvalue weighted by Crippen LogP contribution is 2.77. The van der Waals surface area contributed by atoms with Crippen molar-refractivity contribution >= 4 is 17.8 Å². The summed E-state index contributed by atoms with van der Waals surface area (Å²) in [4.78, 5) is 29.5. The topological polar surface area (TPSA) is 85.2 Å². The third-order valence-corrected chi connectivity index (χ3v) is 15.5. The van der Waals surface area contributed by atoms with E-state index in [1.807, 2.05) is 13.8 Å². The number of hydrogen-bond donors (Lipinski definition) is 1. The van der Waals surface area contributed by atoms with Crippen molar-refractivity contribution in [3.63, 3.8) is 0 Å². The van der Waals surface area contributed by atoms with Gasteiger partial charge in [0.1, 0.15) is 12.7 Å². The predicted molar refractivity (Wildman–Crippen MR) is 178 cm³/mol. The van der Waals surface area contributed by atoms with Crippen LogP contribution in [0.25, 0.3) is 0 Å². The molecule has 0 amide bonds. The molecule has 0 bridgehead atoms. The molecule has 252 valence electrons. The Labute approximate surface area is 272 Å². The zero-order valence-electron chi connectivity index (χ0n) is 29.6. The Balaban J connectivity index is 1.26. The number of carboxylic acids is 1. The van der Waals surface area contributed by atoms with E-state index in [9.17, 15) is 14.7 Å². The van der Waals surface area contributed by atoms with E-state index in [1.54, 1.807) is 0 Å². The van der Waals surface area contributed by atoms with Crippen LogP contribution in [0.5, 0.6) is 0 Å². The van der Waals surface area contributed by atoms with Gasteiger partial charge >= 0.3 is 11.9 Å². The van der Waals surface area contributed by atoms with Crippen LogP contribution in [0.4, 0.5) is 0 Å². The Morgan fingerprint density at radius 3 is 2.31 bits per heavy atom. The monoisotopic (exact) mass is 623 g/mol. The van der Waals surface area contributed by atoms with E-state index in [4.69, 9.17) is 14.5 Å². The van der Waals surface area contributed by atoms with Crippen molar-refractivity contribution in [3.8, 4) is 0 Å². The second-order valence-electron chi connectivity index (χ2n) is 18.6. The van der Waals surface area contributed by atoms with Crippen molar-refractivity contribution in [2.24, 2.45) is 67.1 Å². The lowest BCUT2D eigenvalue weighted by Crippen LogP contribution is -2.67. The number of carboxylic acid groups (broad SMARTS) is 1. The van der Waals surface area contributed by atoms with Gasteiger partial charge in [-0.1, -0.05) is 60.6 Å². The van der Waals surface area contributed by atoms with Gasteiger partial charge in [0.2, 0.25) is 0 Å². The van der Waals surface area contributed by atoms with E-state index < -0.39 is 11.4 Å². The Bertz CT molecular complexity index is 1270. The average Bonchev–Trinajstić information content (AvgIpc) is 3.59. The third-order valence-electron chi connectivity index (χ3n) is 15.5. The molecule has 10 atom stereocenters. The first kappa shape index (κ1) is 33.1. The number of aliphatic imine (C=N–C) groups is 1. The number of esters is 1. The maximum absolute atomic E-state index is 13.2. The molecule has 6 nitrogen and oxygen atoms in total. The molecule has 0 aromatic rings. The molecule has 1 heterocycles. The normalized spacial score (nSPS) is 45.2. The van der Waals surface area contributed by atoms with Crippen LogP contribution in [-0.4, -0.2) is 42.2 Å². The van der Waals surface area contributed by atoms with Crippen LogP contribution in [-0.2, 0) is 19.1 Å². The largest absolute Gasteiger partial charge is 0.481 e. The summed E-state index contributed by atoms with van der Waals surface area (Å²) in [5, 5.41) is 9.31. The second kappa shape index (κ2) is 10.8. The molecule has 5 fully saturated rings. The van der Waals surface area contributed by atoms with Gasteiger partial charge in [0.05, 0.1) is 19.4 Å². The van der Waals surface area contributed by atoms with Crippen molar-refractivity contribution in [2.75, 3.05) is 13.2 Å². The molecule has 5 saturated carbocycles. The minimum Gasteiger partial charge on any atom is -0.481 e. The Morgan fingerprint density at radius 1 is 0.933 bits per heavy atom. The first-order valence-electron chi connectivity index (χ1n) is 18.2. The molecule has 0 radical (unpaired) electrons. The molecule has 6 rings (SSSR count). The maximum Gasteiger partial charge on any atom is 0.306 e. The van der Waals surface area contributed by atoms with E-state index in [0.717, 1.165) is 31.9 Å². The number of carbonyl (C=O) groups is 2. The number of rotatable bonds is 7. The summed E-state index contributed by atoms with van der Waals surface area (Å²) in [6.45, 7) is 24.7. The SMILES string of the molecule is C=C(C)C1CC[C@]2(C3=NCCO3)CC[C@]3(C)[C@H](CCC4[C@@]5(C)CC[C@H](OC(=O)CC(C)(C)CC(=O)O)C(C)(C)C5CC[C@]43C)C12. The standard InChI is InChI=1S/C39H61NO5/c1-24(2)25-12-17-39(33-40-20-21-44-33)19-18-37(8)26(32(25)39)10-11-28-36(7)15-14-29(35(5,6)27(36)13-16-38(28,37)9)45-31(43)23-34(3,4)22-30(41)42/h25-29,32H,1,10-23H2,2-9H3,(H,41,42)/t25?,26-,27?,28?,29+,32?,36+,37-,38-,39+/m1/s1. The van der Waals surface area contributed by atoms with E-state index in [0.29, 0.717) is 29.6 Å². The number of fused-ring (bicyclic) bond motifs is 7. The molecule has 6 heteroatoms. The summed E-state index contributed by atoms with van der Waals surface area (Å²) in [6.07, 6.45) is 11.8. The molecule has 45 heavy (non-hydrogen) atoms. The maximum atomic E-state index is 13.2. The minimum absolute atomic E-state index is 0.0346. The van der Waals surface area contributed by atoms with Crippen LogP contribution in [0.3, 0.4) is 0 Å². The van der Waals surface area contributed by atoms with Gasteiger partial charge in [0.25, 0.3) is 0 Å². The molecule has 4 unspecified atom stereocenters. The van der Waals surface area contributed by atoms with Crippen LogP contribution >= 0.6 is 0 Å². The van der Waals surface area contributed by atoms with E-state index in [2.05, 4.69) is 48.1 Å². The van der Waals surface area contributed by atoms with Gasteiger partial charge in [0, 0.05) is 10.8 Å². The lowest BCUT2D eigenvalue weighted by molar-refractivity contribution is -0.247. The van der Waals surface area contributed by atoms with Crippen LogP contribution in [0.15, 0.2) is 17.1 Å².